The summed E-state index contributed by atoms with van der Waals surface area (Å²) in [4.78, 5) is 0. The Morgan fingerprint density at radius 1 is 1.50 bits per heavy atom. The largest absolute Gasteiger partial charge is 0.365 e. The summed E-state index contributed by atoms with van der Waals surface area (Å²) in [6.45, 7) is 1.10. The van der Waals surface area contributed by atoms with Crippen molar-refractivity contribution in [3.8, 4) is 0 Å². The Labute approximate surface area is 81.6 Å². The summed E-state index contributed by atoms with van der Waals surface area (Å²) in [5.41, 5.74) is 0. The smallest absolute Gasteiger partial charge is 0.289 e. The van der Waals surface area contributed by atoms with E-state index in [2.05, 4.69) is 4.18 Å². The second-order valence-corrected chi connectivity index (χ2v) is 6.85. The molecule has 84 valence electrons. The fourth-order valence-corrected chi connectivity index (χ4v) is 4.00. The third-order valence-electron chi connectivity index (χ3n) is 1.79. The molecule has 0 saturated carbocycles. The molecule has 2 atom stereocenters. The molecule has 9 heteroatoms. The van der Waals surface area contributed by atoms with E-state index in [0.29, 0.717) is 0 Å². The SMILES string of the molecule is CC1(O)CCC(S(=O)(=O)O)S(=O)(=O)O1. The zero-order valence-electron chi connectivity index (χ0n) is 7.24. The van der Waals surface area contributed by atoms with Gasteiger partial charge in [0.15, 0.2) is 5.79 Å². The van der Waals surface area contributed by atoms with Gasteiger partial charge in [0.05, 0.1) is 0 Å². The van der Waals surface area contributed by atoms with Gasteiger partial charge in [-0.1, -0.05) is 0 Å². The normalized spacial score (nSPS) is 38.1. The molecule has 0 spiro atoms. The van der Waals surface area contributed by atoms with E-state index in [4.69, 9.17) is 4.55 Å². The Balaban J connectivity index is 3.08. The van der Waals surface area contributed by atoms with Crippen LogP contribution in [-0.4, -0.2) is 36.9 Å². The predicted octanol–water partition coefficient (Wildman–Crippen LogP) is -0.951. The molecule has 0 amide bonds. The first-order chi connectivity index (χ1) is 6.05. The molecule has 0 aromatic heterocycles. The van der Waals surface area contributed by atoms with Crippen molar-refractivity contribution in [1.82, 2.24) is 0 Å². The minimum Gasteiger partial charge on any atom is -0.365 e. The fraction of sp³-hybridized carbons (Fsp3) is 1.00. The average Bonchev–Trinajstić information content (AvgIpc) is 1.76. The Morgan fingerprint density at radius 3 is 2.36 bits per heavy atom. The topological polar surface area (TPSA) is 118 Å². The molecule has 14 heavy (non-hydrogen) atoms. The van der Waals surface area contributed by atoms with Crippen LogP contribution >= 0.6 is 0 Å². The summed E-state index contributed by atoms with van der Waals surface area (Å²) in [6.07, 6.45) is -0.579. The van der Waals surface area contributed by atoms with Crippen molar-refractivity contribution in [3.63, 3.8) is 0 Å². The standard InChI is InChI=1S/C5H10O7S2/c1-5(6)3-2-4(13(7,8)9)14(10,11)12-5/h4,6H,2-3H2,1H3,(H,7,8,9). The summed E-state index contributed by atoms with van der Waals surface area (Å²) >= 11 is 0. The molecule has 0 radical (unpaired) electrons. The third kappa shape index (κ3) is 2.42. The molecule has 1 aliphatic heterocycles. The van der Waals surface area contributed by atoms with Crippen molar-refractivity contribution >= 4 is 20.2 Å². The number of hydrogen-bond donors (Lipinski definition) is 2. The van der Waals surface area contributed by atoms with E-state index in [1.807, 2.05) is 0 Å². The summed E-state index contributed by atoms with van der Waals surface area (Å²) in [7, 11) is -9.18. The highest BCUT2D eigenvalue weighted by atomic mass is 32.3. The van der Waals surface area contributed by atoms with Gasteiger partial charge < -0.3 is 5.11 Å². The molecular weight excluding hydrogens is 236 g/mol. The van der Waals surface area contributed by atoms with Gasteiger partial charge in [-0.25, -0.2) is 4.18 Å². The molecular formula is C5H10O7S2. The van der Waals surface area contributed by atoms with Gasteiger partial charge in [0, 0.05) is 6.42 Å². The Bertz CT molecular complexity index is 417. The summed E-state index contributed by atoms with van der Waals surface area (Å²) in [5.74, 6) is -1.90. The maximum Gasteiger partial charge on any atom is 0.289 e. The second-order valence-electron chi connectivity index (χ2n) is 3.23. The maximum absolute atomic E-state index is 11.1. The van der Waals surface area contributed by atoms with Gasteiger partial charge in [-0.15, -0.1) is 0 Å². The monoisotopic (exact) mass is 246 g/mol. The van der Waals surface area contributed by atoms with Gasteiger partial charge in [-0.3, -0.25) is 4.55 Å². The fourth-order valence-electron chi connectivity index (χ4n) is 1.17. The molecule has 2 N–H and O–H groups in total. The van der Waals surface area contributed by atoms with E-state index in [1.54, 1.807) is 0 Å². The zero-order chi connectivity index (χ0) is 11.2. The molecule has 2 unspecified atom stereocenters. The average molecular weight is 246 g/mol. The van der Waals surface area contributed by atoms with Crippen LogP contribution < -0.4 is 0 Å². The highest BCUT2D eigenvalue weighted by Gasteiger charge is 2.47. The first-order valence-corrected chi connectivity index (χ1v) is 6.65. The van der Waals surface area contributed by atoms with Crippen molar-refractivity contribution in [1.29, 1.82) is 0 Å². The van der Waals surface area contributed by atoms with Gasteiger partial charge in [-0.05, 0) is 13.3 Å². The quantitative estimate of drug-likeness (QED) is 0.452. The summed E-state index contributed by atoms with van der Waals surface area (Å²) in [5, 5.41) is 9.22. The van der Waals surface area contributed by atoms with Crippen LogP contribution in [-0.2, 0) is 24.4 Å². The Morgan fingerprint density at radius 2 is 2.00 bits per heavy atom. The van der Waals surface area contributed by atoms with E-state index in [-0.39, 0.29) is 6.42 Å². The van der Waals surface area contributed by atoms with Crippen LogP contribution in [0.2, 0.25) is 0 Å². The van der Waals surface area contributed by atoms with Crippen LogP contribution in [0.5, 0.6) is 0 Å². The number of rotatable bonds is 1. The van der Waals surface area contributed by atoms with Crippen LogP contribution in [0.25, 0.3) is 0 Å². The number of aliphatic hydroxyl groups is 1. The van der Waals surface area contributed by atoms with Gasteiger partial charge in [0.25, 0.3) is 20.2 Å². The van der Waals surface area contributed by atoms with Crippen LogP contribution in [0.3, 0.4) is 0 Å². The second kappa shape index (κ2) is 3.14. The minimum atomic E-state index is -4.71. The lowest BCUT2D eigenvalue weighted by atomic mass is 10.2. The van der Waals surface area contributed by atoms with Crippen molar-refractivity contribution in [2.75, 3.05) is 0 Å². The maximum atomic E-state index is 11.1. The van der Waals surface area contributed by atoms with Crippen LogP contribution in [0.15, 0.2) is 0 Å². The summed E-state index contributed by atoms with van der Waals surface area (Å²) < 4.78 is 54.3. The highest BCUT2D eigenvalue weighted by Crippen LogP contribution is 2.31. The lowest BCUT2D eigenvalue weighted by Crippen LogP contribution is -2.45. The van der Waals surface area contributed by atoms with Crippen LogP contribution in [0.4, 0.5) is 0 Å². The van der Waals surface area contributed by atoms with E-state index >= 15 is 0 Å². The molecule has 1 aliphatic rings. The Hall–Kier alpha value is -0.220. The van der Waals surface area contributed by atoms with Gasteiger partial charge in [0.2, 0.25) is 4.58 Å². The lowest BCUT2D eigenvalue weighted by Gasteiger charge is -2.30. The van der Waals surface area contributed by atoms with Crippen LogP contribution in [0, 0.1) is 0 Å². The molecule has 0 aliphatic carbocycles. The number of hydrogen-bond acceptors (Lipinski definition) is 6. The Kier molecular flexibility index (Phi) is 2.66. The zero-order valence-corrected chi connectivity index (χ0v) is 8.88. The molecule has 1 fully saturated rings. The van der Waals surface area contributed by atoms with E-state index in [0.717, 1.165) is 6.92 Å². The van der Waals surface area contributed by atoms with E-state index < -0.39 is 37.0 Å². The van der Waals surface area contributed by atoms with Gasteiger partial charge in [0.1, 0.15) is 0 Å². The van der Waals surface area contributed by atoms with E-state index in [1.165, 1.54) is 0 Å². The van der Waals surface area contributed by atoms with Crippen LogP contribution in [0.1, 0.15) is 19.8 Å². The first kappa shape index (κ1) is 11.9. The molecule has 1 rings (SSSR count). The third-order valence-corrected chi connectivity index (χ3v) is 5.60. The predicted molar refractivity (Wildman–Crippen MR) is 45.2 cm³/mol. The highest BCUT2D eigenvalue weighted by molar-refractivity contribution is 8.04. The molecule has 7 nitrogen and oxygen atoms in total. The first-order valence-electron chi connectivity index (χ1n) is 3.68. The molecule has 0 aromatic carbocycles. The molecule has 0 aromatic rings. The van der Waals surface area contributed by atoms with Crippen molar-refractivity contribution < 1.29 is 30.7 Å². The summed E-state index contributed by atoms with van der Waals surface area (Å²) in [6, 6.07) is 0. The minimum absolute atomic E-state index is 0.184. The lowest BCUT2D eigenvalue weighted by molar-refractivity contribution is -0.129. The molecule has 1 heterocycles. The van der Waals surface area contributed by atoms with Crippen molar-refractivity contribution in [2.24, 2.45) is 0 Å². The molecule has 1 saturated heterocycles. The van der Waals surface area contributed by atoms with E-state index in [9.17, 15) is 21.9 Å². The molecule has 0 bridgehead atoms. The van der Waals surface area contributed by atoms with Gasteiger partial charge >= 0.3 is 0 Å². The van der Waals surface area contributed by atoms with Gasteiger partial charge in [-0.2, -0.15) is 16.8 Å². The van der Waals surface area contributed by atoms with Crippen molar-refractivity contribution in [2.45, 2.75) is 30.1 Å². The van der Waals surface area contributed by atoms with Crippen molar-refractivity contribution in [3.05, 3.63) is 0 Å².